The maximum absolute atomic E-state index is 3.71. The van der Waals surface area contributed by atoms with Crippen molar-refractivity contribution in [1.29, 1.82) is 0 Å². The van der Waals surface area contributed by atoms with Crippen LogP contribution >= 0.6 is 0 Å². The molecule has 0 saturated heterocycles. The molecule has 0 spiro atoms. The first kappa shape index (κ1) is 16.6. The van der Waals surface area contributed by atoms with Gasteiger partial charge in [0.1, 0.15) is 0 Å². The van der Waals surface area contributed by atoms with Gasteiger partial charge in [0.25, 0.3) is 0 Å². The highest BCUT2D eigenvalue weighted by Crippen LogP contribution is 2.17. The van der Waals surface area contributed by atoms with Crippen molar-refractivity contribution in [1.82, 2.24) is 5.32 Å². The summed E-state index contributed by atoms with van der Waals surface area (Å²) >= 11 is 0. The Kier molecular flexibility index (Phi) is 9.93. The predicted octanol–water partition coefficient (Wildman–Crippen LogP) is 5.95. The molecule has 0 unspecified atom stereocenters. The van der Waals surface area contributed by atoms with Crippen molar-refractivity contribution in [3.8, 4) is 0 Å². The second-order valence-electron chi connectivity index (χ2n) is 6.28. The molecule has 1 fully saturated rings. The largest absolute Gasteiger partial charge is 0.386 e. The number of rotatable bonds is 2. The van der Waals surface area contributed by atoms with E-state index in [4.69, 9.17) is 0 Å². The highest BCUT2D eigenvalue weighted by molar-refractivity contribution is 4.94. The molecule has 112 valence electrons. The molecular weight excluding hydrogens is 230 g/mol. The SMILES string of the molecule is C/C=C(\C)NC1CCCCCCCCCCCCC1. The van der Waals surface area contributed by atoms with E-state index in [2.05, 4.69) is 25.2 Å². The topological polar surface area (TPSA) is 12.0 Å². The third-order valence-electron chi connectivity index (χ3n) is 4.47. The molecule has 0 aromatic carbocycles. The van der Waals surface area contributed by atoms with Crippen molar-refractivity contribution in [2.75, 3.05) is 0 Å². The first-order valence-electron chi connectivity index (χ1n) is 8.72. The Morgan fingerprint density at radius 3 is 1.47 bits per heavy atom. The highest BCUT2D eigenvalue weighted by Gasteiger charge is 2.08. The molecule has 0 aromatic rings. The van der Waals surface area contributed by atoms with Gasteiger partial charge in [-0.25, -0.2) is 0 Å². The quantitative estimate of drug-likeness (QED) is 0.650. The maximum Gasteiger partial charge on any atom is 0.0258 e. The monoisotopic (exact) mass is 265 g/mol. The zero-order chi connectivity index (χ0) is 13.8. The van der Waals surface area contributed by atoms with Crippen LogP contribution in [0, 0.1) is 0 Å². The van der Waals surface area contributed by atoms with E-state index >= 15 is 0 Å². The Morgan fingerprint density at radius 1 is 0.737 bits per heavy atom. The third kappa shape index (κ3) is 9.13. The average molecular weight is 265 g/mol. The minimum Gasteiger partial charge on any atom is -0.386 e. The molecule has 1 heteroatoms. The molecule has 0 atom stereocenters. The minimum absolute atomic E-state index is 0.721. The molecule has 1 nitrogen and oxygen atoms in total. The van der Waals surface area contributed by atoms with E-state index in [1.165, 1.54) is 89.2 Å². The smallest absolute Gasteiger partial charge is 0.0258 e. The van der Waals surface area contributed by atoms with Crippen molar-refractivity contribution in [3.05, 3.63) is 11.8 Å². The summed E-state index contributed by atoms with van der Waals surface area (Å²) in [5.41, 5.74) is 1.35. The summed E-state index contributed by atoms with van der Waals surface area (Å²) in [6.45, 7) is 4.33. The highest BCUT2D eigenvalue weighted by atomic mass is 14.9. The van der Waals surface area contributed by atoms with Crippen molar-refractivity contribution in [2.45, 2.75) is 103 Å². The lowest BCUT2D eigenvalue weighted by atomic mass is 9.98. The molecule has 0 heterocycles. The van der Waals surface area contributed by atoms with E-state index in [1.54, 1.807) is 0 Å². The maximum atomic E-state index is 3.71. The summed E-state index contributed by atoms with van der Waals surface area (Å²) in [6, 6.07) is 0.721. The van der Waals surface area contributed by atoms with E-state index < -0.39 is 0 Å². The summed E-state index contributed by atoms with van der Waals surface area (Å²) in [4.78, 5) is 0. The van der Waals surface area contributed by atoms with Crippen molar-refractivity contribution >= 4 is 0 Å². The van der Waals surface area contributed by atoms with Crippen LogP contribution in [0.2, 0.25) is 0 Å². The second kappa shape index (κ2) is 11.4. The van der Waals surface area contributed by atoms with Crippen molar-refractivity contribution in [2.24, 2.45) is 0 Å². The van der Waals surface area contributed by atoms with Gasteiger partial charge in [-0.05, 0) is 26.7 Å². The lowest BCUT2D eigenvalue weighted by molar-refractivity contribution is 0.430. The van der Waals surface area contributed by atoms with Crippen LogP contribution in [-0.2, 0) is 0 Å². The normalized spacial score (nSPS) is 22.7. The van der Waals surface area contributed by atoms with Crippen LogP contribution in [0.4, 0.5) is 0 Å². The Labute approximate surface area is 121 Å². The molecule has 0 aromatic heterocycles. The lowest BCUT2D eigenvalue weighted by Gasteiger charge is -2.20. The van der Waals surface area contributed by atoms with Crippen LogP contribution in [0.15, 0.2) is 11.8 Å². The van der Waals surface area contributed by atoms with Gasteiger partial charge in [-0.1, -0.05) is 76.7 Å². The Bertz CT molecular complexity index is 218. The van der Waals surface area contributed by atoms with Gasteiger partial charge in [0, 0.05) is 11.7 Å². The molecule has 1 rings (SSSR count). The third-order valence-corrected chi connectivity index (χ3v) is 4.47. The molecule has 1 N–H and O–H groups in total. The minimum atomic E-state index is 0.721. The van der Waals surface area contributed by atoms with E-state index in [9.17, 15) is 0 Å². The van der Waals surface area contributed by atoms with E-state index in [0.717, 1.165) is 6.04 Å². The van der Waals surface area contributed by atoms with Gasteiger partial charge in [-0.2, -0.15) is 0 Å². The number of hydrogen-bond donors (Lipinski definition) is 1. The zero-order valence-corrected chi connectivity index (χ0v) is 13.3. The summed E-state index contributed by atoms with van der Waals surface area (Å²) in [5, 5.41) is 3.71. The van der Waals surface area contributed by atoms with Gasteiger partial charge in [-0.3, -0.25) is 0 Å². The molecule has 1 saturated carbocycles. The van der Waals surface area contributed by atoms with Gasteiger partial charge in [0.2, 0.25) is 0 Å². The van der Waals surface area contributed by atoms with Gasteiger partial charge >= 0.3 is 0 Å². The average Bonchev–Trinajstić information content (AvgIpc) is 2.42. The molecule has 0 bridgehead atoms. The molecule has 1 aliphatic carbocycles. The van der Waals surface area contributed by atoms with E-state index in [1.807, 2.05) is 0 Å². The summed E-state index contributed by atoms with van der Waals surface area (Å²) < 4.78 is 0. The van der Waals surface area contributed by atoms with E-state index in [-0.39, 0.29) is 0 Å². The Hall–Kier alpha value is -0.460. The second-order valence-corrected chi connectivity index (χ2v) is 6.28. The van der Waals surface area contributed by atoms with Crippen molar-refractivity contribution in [3.63, 3.8) is 0 Å². The van der Waals surface area contributed by atoms with Crippen molar-refractivity contribution < 1.29 is 0 Å². The van der Waals surface area contributed by atoms with Crippen LogP contribution < -0.4 is 5.32 Å². The first-order chi connectivity index (χ1) is 9.33. The van der Waals surface area contributed by atoms with Crippen LogP contribution in [0.1, 0.15) is 97.3 Å². The fraction of sp³-hybridized carbons (Fsp3) is 0.889. The molecule has 0 radical (unpaired) electrons. The standard InChI is InChI=1S/C18H35N/c1-3-17(2)19-18-15-13-11-9-7-5-4-6-8-10-12-14-16-18/h3,18-19H,4-16H2,1-2H3/b17-3+. The summed E-state index contributed by atoms with van der Waals surface area (Å²) in [6.07, 6.45) is 20.9. The van der Waals surface area contributed by atoms with Gasteiger partial charge in [-0.15, -0.1) is 0 Å². The Balaban J connectivity index is 2.31. The molecular formula is C18H35N. The number of nitrogens with one attached hydrogen (secondary N) is 1. The van der Waals surface area contributed by atoms with Crippen LogP contribution in [0.3, 0.4) is 0 Å². The van der Waals surface area contributed by atoms with Gasteiger partial charge < -0.3 is 5.32 Å². The zero-order valence-electron chi connectivity index (χ0n) is 13.3. The molecule has 1 aliphatic rings. The fourth-order valence-electron chi connectivity index (χ4n) is 3.07. The lowest BCUT2D eigenvalue weighted by Crippen LogP contribution is -2.27. The Morgan fingerprint density at radius 2 is 1.11 bits per heavy atom. The van der Waals surface area contributed by atoms with Gasteiger partial charge in [0.05, 0.1) is 0 Å². The first-order valence-corrected chi connectivity index (χ1v) is 8.72. The molecule has 0 amide bonds. The number of allylic oxidation sites excluding steroid dienone is 2. The number of hydrogen-bond acceptors (Lipinski definition) is 1. The summed E-state index contributed by atoms with van der Waals surface area (Å²) in [5.74, 6) is 0. The van der Waals surface area contributed by atoms with Crippen LogP contribution in [0.25, 0.3) is 0 Å². The van der Waals surface area contributed by atoms with Crippen LogP contribution in [-0.4, -0.2) is 6.04 Å². The van der Waals surface area contributed by atoms with Gasteiger partial charge in [0.15, 0.2) is 0 Å². The van der Waals surface area contributed by atoms with Crippen LogP contribution in [0.5, 0.6) is 0 Å². The predicted molar refractivity (Wildman–Crippen MR) is 86.4 cm³/mol. The fourth-order valence-corrected chi connectivity index (χ4v) is 3.07. The summed E-state index contributed by atoms with van der Waals surface area (Å²) in [7, 11) is 0. The molecule has 0 aliphatic heterocycles. The van der Waals surface area contributed by atoms with E-state index in [0.29, 0.717) is 0 Å². The molecule has 19 heavy (non-hydrogen) atoms.